The van der Waals surface area contributed by atoms with Crippen LogP contribution in [0, 0.1) is 5.41 Å². The van der Waals surface area contributed by atoms with Gasteiger partial charge in [0.05, 0.1) is 6.61 Å². The highest BCUT2D eigenvalue weighted by Crippen LogP contribution is 2.25. The first-order valence-corrected chi connectivity index (χ1v) is 5.59. The molecule has 16 heavy (non-hydrogen) atoms. The molecule has 0 radical (unpaired) electrons. The Bertz CT molecular complexity index is 317. The predicted molar refractivity (Wildman–Crippen MR) is 65.0 cm³/mol. The number of nitrogens with two attached hydrogens (primary N) is 1. The average molecular weight is 224 g/mol. The topological polar surface area (TPSA) is 84.1 Å². The number of hydrogen-bond donors (Lipinski definition) is 3. The second-order valence-electron chi connectivity index (χ2n) is 4.02. The fourth-order valence-electron chi connectivity index (χ4n) is 1.53. The van der Waals surface area contributed by atoms with Crippen molar-refractivity contribution in [3.8, 4) is 0 Å². The third-order valence-electron chi connectivity index (χ3n) is 3.15. The Labute approximate surface area is 96.1 Å². The number of anilines is 2. The lowest BCUT2D eigenvalue weighted by Crippen LogP contribution is -2.32. The maximum absolute atomic E-state index is 9.41. The number of aliphatic hydroxyl groups excluding tert-OH is 1. The standard InChI is InChI=1S/C11H20N4O/c1-3-11(4-2,8-16)7-14-9-5-6-13-10(12)15-9/h5-6,16H,3-4,7-8H2,1-2H3,(H3,12,13,14,15). The summed E-state index contributed by atoms with van der Waals surface area (Å²) in [7, 11) is 0. The highest BCUT2D eigenvalue weighted by molar-refractivity contribution is 5.37. The summed E-state index contributed by atoms with van der Waals surface area (Å²) >= 11 is 0. The molecule has 1 aromatic heterocycles. The van der Waals surface area contributed by atoms with Gasteiger partial charge in [-0.25, -0.2) is 4.98 Å². The lowest BCUT2D eigenvalue weighted by atomic mass is 9.83. The van der Waals surface area contributed by atoms with Gasteiger partial charge < -0.3 is 16.2 Å². The minimum Gasteiger partial charge on any atom is -0.396 e. The van der Waals surface area contributed by atoms with Crippen LogP contribution in [0.1, 0.15) is 26.7 Å². The van der Waals surface area contributed by atoms with Gasteiger partial charge in [-0.05, 0) is 18.9 Å². The van der Waals surface area contributed by atoms with Crippen molar-refractivity contribution in [2.75, 3.05) is 24.2 Å². The molecule has 0 aliphatic heterocycles. The molecule has 5 nitrogen and oxygen atoms in total. The smallest absolute Gasteiger partial charge is 0.221 e. The van der Waals surface area contributed by atoms with Crippen molar-refractivity contribution in [2.24, 2.45) is 5.41 Å². The van der Waals surface area contributed by atoms with Gasteiger partial charge in [0, 0.05) is 18.2 Å². The Balaban J connectivity index is 2.62. The van der Waals surface area contributed by atoms with Gasteiger partial charge in [-0.3, -0.25) is 0 Å². The van der Waals surface area contributed by atoms with E-state index in [1.807, 2.05) is 0 Å². The van der Waals surface area contributed by atoms with E-state index in [1.165, 1.54) is 0 Å². The lowest BCUT2D eigenvalue weighted by Gasteiger charge is -2.29. The van der Waals surface area contributed by atoms with Crippen LogP contribution in [0.2, 0.25) is 0 Å². The molecular weight excluding hydrogens is 204 g/mol. The van der Waals surface area contributed by atoms with E-state index in [9.17, 15) is 5.11 Å². The van der Waals surface area contributed by atoms with Crippen LogP contribution >= 0.6 is 0 Å². The Hall–Kier alpha value is -1.36. The van der Waals surface area contributed by atoms with Crippen LogP contribution in [-0.4, -0.2) is 28.2 Å². The van der Waals surface area contributed by atoms with E-state index in [-0.39, 0.29) is 18.0 Å². The zero-order chi connectivity index (χ0) is 12.0. The van der Waals surface area contributed by atoms with Gasteiger partial charge >= 0.3 is 0 Å². The number of aromatic nitrogens is 2. The van der Waals surface area contributed by atoms with Gasteiger partial charge in [0.25, 0.3) is 0 Å². The second-order valence-corrected chi connectivity index (χ2v) is 4.02. The van der Waals surface area contributed by atoms with Crippen LogP contribution in [0.25, 0.3) is 0 Å². The Morgan fingerprint density at radius 3 is 2.62 bits per heavy atom. The van der Waals surface area contributed by atoms with Crippen LogP contribution in [-0.2, 0) is 0 Å². The molecule has 0 atom stereocenters. The predicted octanol–water partition coefficient (Wildman–Crippen LogP) is 1.27. The monoisotopic (exact) mass is 224 g/mol. The van der Waals surface area contributed by atoms with Crippen LogP contribution in [0.5, 0.6) is 0 Å². The van der Waals surface area contributed by atoms with E-state index >= 15 is 0 Å². The summed E-state index contributed by atoms with van der Waals surface area (Å²) in [6.45, 7) is 5.02. The molecule has 1 heterocycles. The molecule has 0 saturated carbocycles. The summed E-state index contributed by atoms with van der Waals surface area (Å²) in [5, 5.41) is 12.6. The first-order valence-electron chi connectivity index (χ1n) is 5.59. The van der Waals surface area contributed by atoms with Crippen LogP contribution in [0.15, 0.2) is 12.3 Å². The first kappa shape index (κ1) is 12.7. The summed E-state index contributed by atoms with van der Waals surface area (Å²) < 4.78 is 0. The first-order chi connectivity index (χ1) is 7.65. The van der Waals surface area contributed by atoms with Crippen molar-refractivity contribution in [1.29, 1.82) is 0 Å². The largest absolute Gasteiger partial charge is 0.396 e. The van der Waals surface area contributed by atoms with E-state index in [0.717, 1.165) is 12.8 Å². The Morgan fingerprint density at radius 1 is 1.44 bits per heavy atom. The van der Waals surface area contributed by atoms with Gasteiger partial charge in [0.1, 0.15) is 5.82 Å². The molecule has 0 aliphatic rings. The molecule has 0 saturated heterocycles. The van der Waals surface area contributed by atoms with Gasteiger partial charge in [-0.2, -0.15) is 4.98 Å². The number of nitrogens with zero attached hydrogens (tertiary/aromatic N) is 2. The zero-order valence-electron chi connectivity index (χ0n) is 9.90. The maximum Gasteiger partial charge on any atom is 0.221 e. The van der Waals surface area contributed by atoms with Crippen molar-refractivity contribution in [3.05, 3.63) is 12.3 Å². The summed E-state index contributed by atoms with van der Waals surface area (Å²) in [5.41, 5.74) is 5.40. The quantitative estimate of drug-likeness (QED) is 0.677. The van der Waals surface area contributed by atoms with E-state index in [0.29, 0.717) is 12.4 Å². The molecule has 1 aromatic rings. The van der Waals surface area contributed by atoms with Crippen LogP contribution < -0.4 is 11.1 Å². The summed E-state index contributed by atoms with van der Waals surface area (Å²) in [5.74, 6) is 0.958. The molecule has 0 aromatic carbocycles. The Morgan fingerprint density at radius 2 is 2.12 bits per heavy atom. The summed E-state index contributed by atoms with van der Waals surface area (Å²) in [6, 6.07) is 1.77. The van der Waals surface area contributed by atoms with Crippen molar-refractivity contribution in [2.45, 2.75) is 26.7 Å². The maximum atomic E-state index is 9.41. The highest BCUT2D eigenvalue weighted by atomic mass is 16.3. The zero-order valence-corrected chi connectivity index (χ0v) is 9.90. The molecule has 0 spiro atoms. The van der Waals surface area contributed by atoms with Crippen LogP contribution in [0.4, 0.5) is 11.8 Å². The number of hydrogen-bond acceptors (Lipinski definition) is 5. The molecule has 0 unspecified atom stereocenters. The van der Waals surface area contributed by atoms with Gasteiger partial charge in [0.2, 0.25) is 5.95 Å². The third kappa shape index (κ3) is 3.06. The molecule has 0 amide bonds. The Kier molecular flexibility index (Phi) is 4.49. The number of nitrogen functional groups attached to an aromatic ring is 1. The molecule has 1 rings (SSSR count). The van der Waals surface area contributed by atoms with Crippen molar-refractivity contribution in [3.63, 3.8) is 0 Å². The molecule has 0 fully saturated rings. The van der Waals surface area contributed by atoms with E-state index < -0.39 is 0 Å². The molecule has 90 valence electrons. The van der Waals surface area contributed by atoms with Gasteiger partial charge in [-0.1, -0.05) is 13.8 Å². The fraction of sp³-hybridized carbons (Fsp3) is 0.636. The molecule has 0 aliphatic carbocycles. The normalized spacial score (nSPS) is 11.4. The average Bonchev–Trinajstić information content (AvgIpc) is 2.32. The molecular formula is C11H20N4O. The number of rotatable bonds is 6. The SMILES string of the molecule is CCC(CC)(CO)CNc1ccnc(N)n1. The van der Waals surface area contributed by atoms with Crippen LogP contribution in [0.3, 0.4) is 0 Å². The minimum atomic E-state index is -0.0836. The van der Waals surface area contributed by atoms with E-state index in [4.69, 9.17) is 5.73 Å². The third-order valence-corrected chi connectivity index (χ3v) is 3.15. The molecule has 4 N–H and O–H groups in total. The number of aliphatic hydroxyl groups is 1. The van der Waals surface area contributed by atoms with Crippen molar-refractivity contribution < 1.29 is 5.11 Å². The number of nitrogens with one attached hydrogen (secondary N) is 1. The molecule has 0 bridgehead atoms. The van der Waals surface area contributed by atoms with Gasteiger partial charge in [-0.15, -0.1) is 0 Å². The minimum absolute atomic E-state index is 0.0836. The summed E-state index contributed by atoms with van der Waals surface area (Å²) in [6.07, 6.45) is 3.46. The molecule has 5 heteroatoms. The fourth-order valence-corrected chi connectivity index (χ4v) is 1.53. The highest BCUT2D eigenvalue weighted by Gasteiger charge is 2.24. The summed E-state index contributed by atoms with van der Waals surface area (Å²) in [4.78, 5) is 7.88. The van der Waals surface area contributed by atoms with Crippen molar-refractivity contribution >= 4 is 11.8 Å². The van der Waals surface area contributed by atoms with E-state index in [2.05, 4.69) is 29.1 Å². The van der Waals surface area contributed by atoms with Crippen molar-refractivity contribution in [1.82, 2.24) is 9.97 Å². The van der Waals surface area contributed by atoms with E-state index in [1.54, 1.807) is 12.3 Å². The second kappa shape index (κ2) is 5.65. The van der Waals surface area contributed by atoms with Gasteiger partial charge in [0.15, 0.2) is 0 Å². The lowest BCUT2D eigenvalue weighted by molar-refractivity contribution is 0.127.